The molecule has 76 heavy (non-hydrogen) atoms. The van der Waals surface area contributed by atoms with Gasteiger partial charge in [0.25, 0.3) is 0 Å². The molecule has 6 nitrogen and oxygen atoms in total. The maximum atomic E-state index is 12.9. The van der Waals surface area contributed by atoms with Crippen molar-refractivity contribution in [3.63, 3.8) is 0 Å². The summed E-state index contributed by atoms with van der Waals surface area (Å²) in [6, 6.07) is 0. The monoisotopic (exact) mass is 1060 g/mol. The molecule has 0 aliphatic rings. The number of rotatable bonds is 59. The molecule has 438 valence electrons. The van der Waals surface area contributed by atoms with Gasteiger partial charge in [-0.05, 0) is 96.3 Å². The fourth-order valence-corrected chi connectivity index (χ4v) is 9.27. The quantitative estimate of drug-likeness (QED) is 0.0261. The summed E-state index contributed by atoms with van der Waals surface area (Å²) in [5.74, 6) is -0.879. The number of carbonyl (C=O) groups is 3. The van der Waals surface area contributed by atoms with Crippen LogP contribution in [0.3, 0.4) is 0 Å². The van der Waals surface area contributed by atoms with Gasteiger partial charge in [-0.1, -0.05) is 292 Å². The van der Waals surface area contributed by atoms with E-state index in [1.54, 1.807) is 0 Å². The molecular formula is C70H122O6. The average Bonchev–Trinajstić information content (AvgIpc) is 3.42. The molecule has 0 fully saturated rings. The molecule has 0 aliphatic carbocycles. The minimum absolute atomic E-state index is 0.0778. The molecule has 0 aromatic heterocycles. The molecule has 0 radical (unpaired) electrons. The van der Waals surface area contributed by atoms with Crippen molar-refractivity contribution in [2.45, 2.75) is 329 Å². The van der Waals surface area contributed by atoms with Crippen molar-refractivity contribution >= 4 is 17.9 Å². The van der Waals surface area contributed by atoms with E-state index in [-0.39, 0.29) is 31.1 Å². The Hall–Kier alpha value is -3.41. The molecule has 0 amide bonds. The topological polar surface area (TPSA) is 78.9 Å². The molecular weight excluding hydrogens is 937 g/mol. The van der Waals surface area contributed by atoms with E-state index in [0.29, 0.717) is 19.3 Å². The van der Waals surface area contributed by atoms with Crippen LogP contribution in [0.15, 0.2) is 85.1 Å². The van der Waals surface area contributed by atoms with E-state index in [2.05, 4.69) is 106 Å². The van der Waals surface area contributed by atoms with E-state index in [9.17, 15) is 14.4 Å². The number of allylic oxidation sites excluding steroid dienone is 14. The van der Waals surface area contributed by atoms with Crippen molar-refractivity contribution in [1.82, 2.24) is 0 Å². The molecule has 0 rings (SSSR count). The third-order valence-corrected chi connectivity index (χ3v) is 14.1. The van der Waals surface area contributed by atoms with Crippen LogP contribution in [-0.2, 0) is 28.6 Å². The summed E-state index contributed by atoms with van der Waals surface area (Å²) in [6.07, 6.45) is 84.6. The molecule has 0 saturated heterocycles. The van der Waals surface area contributed by atoms with Crippen LogP contribution in [0.5, 0.6) is 0 Å². The van der Waals surface area contributed by atoms with Gasteiger partial charge in [0.2, 0.25) is 0 Å². The van der Waals surface area contributed by atoms with Crippen molar-refractivity contribution in [1.29, 1.82) is 0 Å². The number of esters is 3. The predicted octanol–water partition coefficient (Wildman–Crippen LogP) is 22.3. The first-order chi connectivity index (χ1) is 37.5. The van der Waals surface area contributed by atoms with Crippen LogP contribution in [0.2, 0.25) is 0 Å². The van der Waals surface area contributed by atoms with Crippen LogP contribution in [-0.4, -0.2) is 37.2 Å². The largest absolute Gasteiger partial charge is 0.462 e. The number of carbonyl (C=O) groups excluding carboxylic acids is 3. The zero-order chi connectivity index (χ0) is 55.0. The molecule has 1 atom stereocenters. The maximum absolute atomic E-state index is 12.9. The second kappa shape index (κ2) is 64.1. The number of unbranched alkanes of at least 4 members (excludes halogenated alkanes) is 34. The lowest BCUT2D eigenvalue weighted by atomic mass is 10.0. The van der Waals surface area contributed by atoms with E-state index in [1.165, 1.54) is 167 Å². The Labute approximate surface area is 471 Å². The van der Waals surface area contributed by atoms with Gasteiger partial charge in [-0.2, -0.15) is 0 Å². The van der Waals surface area contributed by atoms with Crippen LogP contribution >= 0.6 is 0 Å². The van der Waals surface area contributed by atoms with Crippen molar-refractivity contribution in [3.8, 4) is 0 Å². The first-order valence-electron chi connectivity index (χ1n) is 32.6. The van der Waals surface area contributed by atoms with Crippen molar-refractivity contribution in [2.75, 3.05) is 13.2 Å². The van der Waals surface area contributed by atoms with Crippen molar-refractivity contribution in [3.05, 3.63) is 85.1 Å². The average molecular weight is 1060 g/mol. The van der Waals surface area contributed by atoms with Gasteiger partial charge < -0.3 is 14.2 Å². The summed E-state index contributed by atoms with van der Waals surface area (Å²) in [5, 5.41) is 0. The Balaban J connectivity index is 4.17. The van der Waals surface area contributed by atoms with Gasteiger partial charge in [0.05, 0.1) is 0 Å². The van der Waals surface area contributed by atoms with E-state index in [0.717, 1.165) is 116 Å². The minimum atomic E-state index is -0.781. The summed E-state index contributed by atoms with van der Waals surface area (Å²) in [5.41, 5.74) is 0. The van der Waals surface area contributed by atoms with Crippen LogP contribution in [0, 0.1) is 0 Å². The summed E-state index contributed by atoms with van der Waals surface area (Å²) in [6.45, 7) is 6.52. The van der Waals surface area contributed by atoms with Crippen LogP contribution in [0.4, 0.5) is 0 Å². The van der Waals surface area contributed by atoms with Crippen LogP contribution in [0.1, 0.15) is 323 Å². The zero-order valence-corrected chi connectivity index (χ0v) is 50.3. The van der Waals surface area contributed by atoms with Gasteiger partial charge in [-0.25, -0.2) is 0 Å². The highest BCUT2D eigenvalue weighted by atomic mass is 16.6. The summed E-state index contributed by atoms with van der Waals surface area (Å²) < 4.78 is 16.9. The summed E-state index contributed by atoms with van der Waals surface area (Å²) in [4.78, 5) is 38.2. The molecule has 6 heteroatoms. The summed E-state index contributed by atoms with van der Waals surface area (Å²) >= 11 is 0. The molecule has 0 aromatic rings. The molecule has 1 unspecified atom stereocenters. The zero-order valence-electron chi connectivity index (χ0n) is 50.3. The third kappa shape index (κ3) is 61.4. The number of hydrogen-bond donors (Lipinski definition) is 0. The fraction of sp³-hybridized carbons (Fsp3) is 0.757. The Morgan fingerprint density at radius 1 is 0.276 bits per heavy atom. The lowest BCUT2D eigenvalue weighted by Gasteiger charge is -2.18. The smallest absolute Gasteiger partial charge is 0.306 e. The maximum Gasteiger partial charge on any atom is 0.306 e. The SMILES string of the molecule is CC/C=C\C/C=C\C/C=C\C/C=C\C/C=C\CCCCCCCCCCCCCCCCCC(=O)OCC(COC(=O)CCCCCCCCCCCCC)OC(=O)CCCCCCC/C=C\C/C=C\CCCCCC. The van der Waals surface area contributed by atoms with E-state index in [1.807, 2.05) is 0 Å². The van der Waals surface area contributed by atoms with Crippen molar-refractivity contribution < 1.29 is 28.6 Å². The molecule has 0 N–H and O–H groups in total. The van der Waals surface area contributed by atoms with Crippen molar-refractivity contribution in [2.24, 2.45) is 0 Å². The minimum Gasteiger partial charge on any atom is -0.462 e. The second-order valence-electron chi connectivity index (χ2n) is 21.6. The third-order valence-electron chi connectivity index (χ3n) is 14.1. The molecule has 0 spiro atoms. The first kappa shape index (κ1) is 72.6. The van der Waals surface area contributed by atoms with Gasteiger partial charge in [0.1, 0.15) is 13.2 Å². The van der Waals surface area contributed by atoms with Gasteiger partial charge in [-0.15, -0.1) is 0 Å². The van der Waals surface area contributed by atoms with E-state index < -0.39 is 6.10 Å². The van der Waals surface area contributed by atoms with E-state index in [4.69, 9.17) is 14.2 Å². The van der Waals surface area contributed by atoms with Crippen LogP contribution in [0.25, 0.3) is 0 Å². The number of hydrogen-bond acceptors (Lipinski definition) is 6. The molecule has 0 heterocycles. The lowest BCUT2D eigenvalue weighted by molar-refractivity contribution is -0.167. The predicted molar refractivity (Wildman–Crippen MR) is 330 cm³/mol. The first-order valence-corrected chi connectivity index (χ1v) is 32.6. The standard InChI is InChI=1S/C70H122O6/c1-4-7-10-13-16-19-22-24-26-28-29-30-31-32-33-34-35-36-37-38-39-40-41-42-44-45-48-51-54-57-60-63-69(72)75-66-67(65-74-68(71)62-59-56-53-50-47-21-18-15-12-9-6-3)76-70(73)64-61-58-55-52-49-46-43-27-25-23-20-17-14-11-8-5-2/h7,10,16,19-20,23-24,26-27,29-30,32-33,43,67H,4-6,8-9,11-15,17-18,21-22,25,28,31,34-42,44-66H2,1-3H3/b10-7-,19-16-,23-20-,26-24-,30-29-,33-32-,43-27-. The Morgan fingerprint density at radius 2 is 0.513 bits per heavy atom. The highest BCUT2D eigenvalue weighted by Crippen LogP contribution is 2.17. The Bertz CT molecular complexity index is 1450. The highest BCUT2D eigenvalue weighted by Gasteiger charge is 2.19. The summed E-state index contributed by atoms with van der Waals surface area (Å²) in [7, 11) is 0. The number of ether oxygens (including phenoxy) is 3. The molecule has 0 aliphatic heterocycles. The normalized spacial score (nSPS) is 12.6. The molecule has 0 saturated carbocycles. The van der Waals surface area contributed by atoms with Gasteiger partial charge in [-0.3, -0.25) is 14.4 Å². The fourth-order valence-electron chi connectivity index (χ4n) is 9.27. The van der Waals surface area contributed by atoms with E-state index >= 15 is 0 Å². The van der Waals surface area contributed by atoms with Gasteiger partial charge in [0, 0.05) is 19.3 Å². The molecule has 0 bridgehead atoms. The molecule has 0 aromatic carbocycles. The van der Waals surface area contributed by atoms with Gasteiger partial charge >= 0.3 is 17.9 Å². The Kier molecular flexibility index (Phi) is 61.2. The highest BCUT2D eigenvalue weighted by molar-refractivity contribution is 5.71. The Morgan fingerprint density at radius 3 is 0.816 bits per heavy atom. The van der Waals surface area contributed by atoms with Crippen LogP contribution < -0.4 is 0 Å². The second-order valence-corrected chi connectivity index (χ2v) is 21.6. The lowest BCUT2D eigenvalue weighted by Crippen LogP contribution is -2.30. The van der Waals surface area contributed by atoms with Gasteiger partial charge in [0.15, 0.2) is 6.10 Å².